The highest BCUT2D eigenvalue weighted by Gasteiger charge is 2.25. The molecule has 0 spiro atoms. The lowest BCUT2D eigenvalue weighted by Crippen LogP contribution is -2.40. The van der Waals surface area contributed by atoms with Gasteiger partial charge in [0.25, 0.3) is 5.91 Å². The van der Waals surface area contributed by atoms with Crippen molar-refractivity contribution in [3.63, 3.8) is 0 Å². The second-order valence-corrected chi connectivity index (χ2v) is 13.2. The van der Waals surface area contributed by atoms with Gasteiger partial charge in [0.15, 0.2) is 11.5 Å². The lowest BCUT2D eigenvalue weighted by molar-refractivity contribution is 0.0781. The smallest absolute Gasteiger partial charge is 0.253 e. The number of nitrogens with zero attached hydrogens (tertiary/aromatic N) is 5. The maximum atomic E-state index is 13.7. The molecule has 0 saturated carbocycles. The molecule has 0 radical (unpaired) electrons. The average Bonchev–Trinajstić information content (AvgIpc) is 3.49. The van der Waals surface area contributed by atoms with E-state index in [4.69, 9.17) is 30.8 Å². The molecular weight excluding hydrogens is 652 g/mol. The number of likely N-dealkylation sites (N-methyl/N-ethyl adjacent to an activating group) is 1. The monoisotopic (exact) mass is 696 g/mol. The van der Waals surface area contributed by atoms with Gasteiger partial charge in [-0.25, -0.2) is 4.98 Å². The van der Waals surface area contributed by atoms with Crippen molar-refractivity contribution in [1.82, 2.24) is 24.3 Å². The van der Waals surface area contributed by atoms with Crippen molar-refractivity contribution < 1.29 is 19.0 Å². The van der Waals surface area contributed by atoms with Crippen LogP contribution < -0.4 is 19.5 Å². The molecule has 1 atom stereocenters. The summed E-state index contributed by atoms with van der Waals surface area (Å²) in [4.78, 5) is 27.5. The van der Waals surface area contributed by atoms with Crippen molar-refractivity contribution in [2.45, 2.75) is 37.8 Å². The Kier molecular flexibility index (Phi) is 11.4. The number of likely N-dealkylation sites (tertiary alicyclic amines) is 1. The van der Waals surface area contributed by atoms with Crippen LogP contribution in [0.25, 0.3) is 11.0 Å². The molecule has 6 rings (SSSR count). The van der Waals surface area contributed by atoms with Gasteiger partial charge >= 0.3 is 0 Å². The minimum absolute atomic E-state index is 0.0899. The number of ether oxygens (including phenoxy) is 3. The Labute approximate surface area is 298 Å². The Morgan fingerprint density at radius 3 is 2.38 bits per heavy atom. The molecule has 1 aliphatic rings. The van der Waals surface area contributed by atoms with Gasteiger partial charge in [-0.05, 0) is 79.9 Å². The number of halogens is 1. The van der Waals surface area contributed by atoms with Crippen molar-refractivity contribution in [1.29, 1.82) is 0 Å². The number of benzene rings is 3. The number of hydrogen-bond donors (Lipinski definition) is 1. The second-order valence-electron chi connectivity index (χ2n) is 12.7. The Morgan fingerprint density at radius 2 is 1.70 bits per heavy atom. The summed E-state index contributed by atoms with van der Waals surface area (Å²) in [7, 11) is 6.47. The number of anilines is 1. The minimum atomic E-state index is -0.128. The molecule has 1 N–H and O–H groups in total. The summed E-state index contributed by atoms with van der Waals surface area (Å²) in [5.41, 5.74) is 4.65. The molecule has 1 amide bonds. The first-order valence-electron chi connectivity index (χ1n) is 17.0. The van der Waals surface area contributed by atoms with E-state index in [0.29, 0.717) is 47.0 Å². The summed E-state index contributed by atoms with van der Waals surface area (Å²) in [6.07, 6.45) is 4.73. The fourth-order valence-corrected chi connectivity index (χ4v) is 6.98. The number of aromatic nitrogens is 3. The number of hydrogen-bond acceptors (Lipinski definition) is 8. The third kappa shape index (κ3) is 8.14. The van der Waals surface area contributed by atoms with Gasteiger partial charge in [-0.2, -0.15) is 0 Å². The third-order valence-corrected chi connectivity index (χ3v) is 9.72. The summed E-state index contributed by atoms with van der Waals surface area (Å²) in [6, 6.07) is 25.9. The highest BCUT2D eigenvalue weighted by atomic mass is 35.5. The molecule has 10 nitrogen and oxygen atoms in total. The summed E-state index contributed by atoms with van der Waals surface area (Å²) in [5, 5.41) is 4.45. The molecule has 262 valence electrons. The van der Waals surface area contributed by atoms with Crippen molar-refractivity contribution in [3.8, 4) is 17.2 Å². The third-order valence-electron chi connectivity index (χ3n) is 9.49. The number of pyridine rings is 1. The molecule has 1 aliphatic heterocycles. The van der Waals surface area contributed by atoms with Crippen LogP contribution >= 0.6 is 11.6 Å². The number of para-hydroxylation sites is 2. The van der Waals surface area contributed by atoms with Crippen LogP contribution in [0.4, 0.5) is 5.95 Å². The van der Waals surface area contributed by atoms with Gasteiger partial charge in [-0.15, -0.1) is 0 Å². The van der Waals surface area contributed by atoms with E-state index < -0.39 is 0 Å². The predicted molar refractivity (Wildman–Crippen MR) is 198 cm³/mol. The molecule has 0 aliphatic carbocycles. The van der Waals surface area contributed by atoms with Gasteiger partial charge in [-0.3, -0.25) is 9.78 Å². The number of imidazole rings is 1. The fourth-order valence-electron chi connectivity index (χ4n) is 6.78. The largest absolute Gasteiger partial charge is 0.493 e. The zero-order valence-electron chi connectivity index (χ0n) is 29.1. The predicted octanol–water partition coefficient (Wildman–Crippen LogP) is 6.98. The van der Waals surface area contributed by atoms with Crippen LogP contribution in [0.15, 0.2) is 85.1 Å². The molecule has 3 aromatic carbocycles. The number of fused-ring (bicyclic) bond motifs is 1. The van der Waals surface area contributed by atoms with E-state index in [0.717, 1.165) is 67.1 Å². The van der Waals surface area contributed by atoms with Gasteiger partial charge in [-0.1, -0.05) is 41.9 Å². The van der Waals surface area contributed by atoms with E-state index in [1.54, 1.807) is 38.4 Å². The van der Waals surface area contributed by atoms with Gasteiger partial charge in [0, 0.05) is 55.4 Å². The SMILES string of the molecule is COc1cc(C(=O)N(C)CC(CCN2CCC(Nc3nc4ccccc4n3Cc3ccccn3)CC2)c2cccc(Cl)c2)cc(OC)c1OC. The van der Waals surface area contributed by atoms with Crippen molar-refractivity contribution >= 4 is 34.5 Å². The first kappa shape index (κ1) is 35.0. The summed E-state index contributed by atoms with van der Waals surface area (Å²) in [6.45, 7) is 4.04. The Hall–Kier alpha value is -4.80. The van der Waals surface area contributed by atoms with Crippen LogP contribution in [-0.2, 0) is 6.54 Å². The minimum Gasteiger partial charge on any atom is -0.493 e. The molecule has 11 heteroatoms. The normalized spacial score (nSPS) is 14.3. The van der Waals surface area contributed by atoms with Gasteiger partial charge in [0.05, 0.1) is 44.6 Å². The number of methoxy groups -OCH3 is 3. The first-order valence-corrected chi connectivity index (χ1v) is 17.4. The lowest BCUT2D eigenvalue weighted by atomic mass is 9.94. The zero-order chi connectivity index (χ0) is 35.0. The van der Waals surface area contributed by atoms with Gasteiger partial charge < -0.3 is 33.9 Å². The lowest BCUT2D eigenvalue weighted by Gasteiger charge is -2.34. The summed E-state index contributed by atoms with van der Waals surface area (Å²) in [5.74, 6) is 2.19. The molecule has 2 aromatic heterocycles. The topological polar surface area (TPSA) is 94.0 Å². The van der Waals surface area contributed by atoms with Crippen molar-refractivity contribution in [3.05, 3.63) is 107 Å². The van der Waals surface area contributed by atoms with Crippen molar-refractivity contribution in [2.24, 2.45) is 0 Å². The van der Waals surface area contributed by atoms with E-state index in [2.05, 4.69) is 50.1 Å². The Morgan fingerprint density at radius 1 is 0.960 bits per heavy atom. The number of amides is 1. The molecule has 5 aromatic rings. The maximum absolute atomic E-state index is 13.7. The highest BCUT2D eigenvalue weighted by Crippen LogP contribution is 2.38. The van der Waals surface area contributed by atoms with Crippen LogP contribution in [0.5, 0.6) is 17.2 Å². The second kappa shape index (κ2) is 16.3. The van der Waals surface area contributed by atoms with Gasteiger partial charge in [0.1, 0.15) is 0 Å². The molecule has 0 bridgehead atoms. The number of rotatable bonds is 14. The van der Waals surface area contributed by atoms with Crippen LogP contribution in [-0.4, -0.2) is 90.8 Å². The number of carbonyl (C=O) groups is 1. The van der Waals surface area contributed by atoms with Crippen LogP contribution in [0, 0.1) is 0 Å². The van der Waals surface area contributed by atoms with E-state index >= 15 is 0 Å². The molecular formula is C39H45ClN6O4. The maximum Gasteiger partial charge on any atom is 0.253 e. The molecule has 50 heavy (non-hydrogen) atoms. The van der Waals surface area contributed by atoms with E-state index in [1.807, 2.05) is 49.6 Å². The van der Waals surface area contributed by atoms with E-state index in [1.165, 1.54) is 0 Å². The highest BCUT2D eigenvalue weighted by molar-refractivity contribution is 6.30. The molecule has 1 unspecified atom stereocenters. The average molecular weight is 697 g/mol. The molecule has 1 saturated heterocycles. The van der Waals surface area contributed by atoms with Crippen LogP contribution in [0.3, 0.4) is 0 Å². The zero-order valence-corrected chi connectivity index (χ0v) is 29.9. The summed E-state index contributed by atoms with van der Waals surface area (Å²) < 4.78 is 18.7. The Balaban J connectivity index is 1.10. The van der Waals surface area contributed by atoms with E-state index in [-0.39, 0.29) is 11.8 Å². The van der Waals surface area contributed by atoms with Crippen LogP contribution in [0.2, 0.25) is 5.02 Å². The number of piperidine rings is 1. The first-order chi connectivity index (χ1) is 24.4. The van der Waals surface area contributed by atoms with E-state index in [9.17, 15) is 4.79 Å². The van der Waals surface area contributed by atoms with Gasteiger partial charge in [0.2, 0.25) is 11.7 Å². The number of nitrogens with one attached hydrogen (secondary N) is 1. The number of carbonyl (C=O) groups excluding carboxylic acids is 1. The molecule has 1 fully saturated rings. The summed E-state index contributed by atoms with van der Waals surface area (Å²) >= 11 is 6.44. The quantitative estimate of drug-likeness (QED) is 0.133. The fraction of sp³-hybridized carbons (Fsp3) is 0.359. The van der Waals surface area contributed by atoms with Crippen molar-refractivity contribution in [2.75, 3.05) is 59.9 Å². The van der Waals surface area contributed by atoms with Crippen LogP contribution in [0.1, 0.15) is 46.8 Å². The standard InChI is InChI=1S/C39H45ClN6O4/c1-44(38(47)29-23-35(48-2)37(50-4)36(24-29)49-3)25-28(27-10-9-11-30(40)22-27)15-19-45-20-16-31(17-21-45)42-39-43-33-13-5-6-14-34(33)46(39)26-32-12-7-8-18-41-32/h5-14,18,22-24,28,31H,15-17,19-21,25-26H2,1-4H3,(H,42,43). The molecule has 3 heterocycles. The Bertz CT molecular complexity index is 1870.